The third-order valence-electron chi connectivity index (χ3n) is 7.48. The molecule has 3 rings (SSSR count). The van der Waals surface area contributed by atoms with E-state index in [0.717, 1.165) is 16.3 Å². The number of nitrogens with one attached hydrogen (secondary N) is 3. The van der Waals surface area contributed by atoms with Crippen LogP contribution >= 0.6 is 34.8 Å². The summed E-state index contributed by atoms with van der Waals surface area (Å²) in [6, 6.07) is 4.54. The Hall–Kier alpha value is -2.90. The number of aliphatic hydroxyl groups excluding tert-OH is 1. The summed E-state index contributed by atoms with van der Waals surface area (Å²) in [6.07, 6.45) is 1.95. The van der Waals surface area contributed by atoms with Gasteiger partial charge < -0.3 is 25.2 Å². The van der Waals surface area contributed by atoms with Gasteiger partial charge in [-0.05, 0) is 63.5 Å². The van der Waals surface area contributed by atoms with Crippen LogP contribution in [0.15, 0.2) is 30.5 Å². The summed E-state index contributed by atoms with van der Waals surface area (Å²) in [5.74, 6) is -2.10. The van der Waals surface area contributed by atoms with Gasteiger partial charge in [0.1, 0.15) is 31.3 Å². The van der Waals surface area contributed by atoms with Gasteiger partial charge in [0.05, 0.1) is 11.5 Å². The van der Waals surface area contributed by atoms with Gasteiger partial charge in [0, 0.05) is 24.2 Å². The summed E-state index contributed by atoms with van der Waals surface area (Å²) in [5, 5.41) is 18.4. The Kier molecular flexibility index (Phi) is 12.9. The fourth-order valence-electron chi connectivity index (χ4n) is 4.64. The number of amides is 3. The number of halogens is 3. The number of hydrogen-bond donors (Lipinski definition) is 4. The van der Waals surface area contributed by atoms with Crippen LogP contribution < -0.4 is 20.8 Å². The quantitative estimate of drug-likeness (QED) is 0.191. The molecule has 4 N–H and O–H groups in total. The molecule has 1 aliphatic heterocycles. The molecule has 0 aliphatic carbocycles. The number of ether oxygens (including phenoxy) is 2. The maximum atomic E-state index is 13.3. The van der Waals surface area contributed by atoms with E-state index in [9.17, 15) is 24.3 Å². The van der Waals surface area contributed by atoms with Gasteiger partial charge >= 0.3 is 5.97 Å². The van der Waals surface area contributed by atoms with Gasteiger partial charge in [0.15, 0.2) is 0 Å². The number of rotatable bonds is 12. The number of carbonyl (C=O) groups excluding carboxylic acids is 4. The first-order valence-corrected chi connectivity index (χ1v) is 16.1. The second kappa shape index (κ2) is 15.8. The molecule has 1 fully saturated rings. The number of aromatic nitrogens is 1. The molecular weight excluding hydrogens is 661 g/mol. The van der Waals surface area contributed by atoms with E-state index in [1.165, 1.54) is 11.9 Å². The zero-order chi connectivity index (χ0) is 34.4. The largest absolute Gasteiger partial charge is 0.477 e. The highest BCUT2D eigenvalue weighted by Gasteiger charge is 2.36. The second-order valence-electron chi connectivity index (χ2n) is 12.4. The fourth-order valence-corrected chi connectivity index (χ4v) is 4.80. The van der Waals surface area contributed by atoms with E-state index in [1.54, 1.807) is 46.9 Å². The van der Waals surface area contributed by atoms with Crippen molar-refractivity contribution in [3.8, 4) is 5.88 Å². The number of nitrogens with zero attached hydrogens (tertiary/aromatic N) is 2. The highest BCUT2D eigenvalue weighted by molar-refractivity contribution is 6.67. The highest BCUT2D eigenvalue weighted by atomic mass is 35.6. The number of esters is 1. The zero-order valence-corrected chi connectivity index (χ0v) is 29.0. The Morgan fingerprint density at radius 3 is 2.39 bits per heavy atom. The number of carbonyl (C=O) groups is 4. The van der Waals surface area contributed by atoms with Crippen LogP contribution in [0.25, 0.3) is 10.8 Å². The molecule has 0 unspecified atom stereocenters. The van der Waals surface area contributed by atoms with Crippen molar-refractivity contribution >= 4 is 69.3 Å². The molecule has 0 saturated carbocycles. The zero-order valence-electron chi connectivity index (χ0n) is 26.7. The average molecular weight is 703 g/mol. The van der Waals surface area contributed by atoms with Crippen LogP contribution in [-0.2, 0) is 23.9 Å². The first kappa shape index (κ1) is 37.6. The molecule has 46 heavy (non-hydrogen) atoms. The van der Waals surface area contributed by atoms with E-state index in [1.807, 2.05) is 18.2 Å². The molecule has 3 amide bonds. The molecule has 15 heteroatoms. The molecule has 0 bridgehead atoms. The van der Waals surface area contributed by atoms with Crippen molar-refractivity contribution in [3.05, 3.63) is 36.0 Å². The third kappa shape index (κ3) is 10.6. The number of hydrazine groups is 1. The third-order valence-corrected chi connectivity index (χ3v) is 7.81. The van der Waals surface area contributed by atoms with Gasteiger partial charge in [-0.15, -0.1) is 0 Å². The van der Waals surface area contributed by atoms with Gasteiger partial charge in [-0.2, -0.15) is 0 Å². The summed E-state index contributed by atoms with van der Waals surface area (Å²) in [5.41, 5.74) is 2.53. The van der Waals surface area contributed by atoms with Crippen molar-refractivity contribution in [2.75, 3.05) is 19.8 Å². The monoisotopic (exact) mass is 701 g/mol. The highest BCUT2D eigenvalue weighted by Crippen LogP contribution is 2.27. The van der Waals surface area contributed by atoms with Crippen molar-refractivity contribution in [2.45, 2.75) is 82.4 Å². The number of benzene rings is 1. The topological polar surface area (TPSA) is 159 Å². The van der Waals surface area contributed by atoms with Crippen molar-refractivity contribution in [1.29, 1.82) is 0 Å². The van der Waals surface area contributed by atoms with Crippen LogP contribution in [0, 0.1) is 11.3 Å². The normalized spacial score (nSPS) is 17.6. The molecule has 1 aromatic heterocycles. The first-order valence-electron chi connectivity index (χ1n) is 15.0. The molecule has 1 saturated heterocycles. The standard InChI is InChI=1S/C31H42Cl3N5O7/c1-17(2)25(26(41)36-18(3)27(42)39-11-7-8-23(38-39)28(43)46-16-31(32,33)34)37-29(44)30(5,6)15-45-24-13-22-12-20(19(4)40)9-10-21(22)14-35-24/h9-10,12-14,17-19,23,25,38,40H,7-8,11,15-16H2,1-6H3,(H,36,41)(H,37,44)/t18-,19+,23-,25-/m0/s1. The molecular formula is C31H42Cl3N5O7. The second-order valence-corrected chi connectivity index (χ2v) is 15.0. The lowest BCUT2D eigenvalue weighted by Crippen LogP contribution is -2.61. The van der Waals surface area contributed by atoms with Crippen molar-refractivity contribution in [3.63, 3.8) is 0 Å². The summed E-state index contributed by atoms with van der Waals surface area (Å²) in [6.45, 7) is 9.97. The van der Waals surface area contributed by atoms with Crippen LogP contribution in [-0.4, -0.2) is 80.5 Å². The average Bonchev–Trinajstić information content (AvgIpc) is 2.99. The van der Waals surface area contributed by atoms with E-state index in [2.05, 4.69) is 21.0 Å². The van der Waals surface area contributed by atoms with Crippen LogP contribution in [0.4, 0.5) is 0 Å². The Balaban J connectivity index is 1.58. The van der Waals surface area contributed by atoms with E-state index >= 15 is 0 Å². The molecule has 0 radical (unpaired) electrons. The van der Waals surface area contributed by atoms with Gasteiger partial charge in [-0.3, -0.25) is 24.2 Å². The van der Waals surface area contributed by atoms with Gasteiger partial charge in [-0.1, -0.05) is 60.8 Å². The van der Waals surface area contributed by atoms with E-state index in [-0.39, 0.29) is 12.5 Å². The van der Waals surface area contributed by atoms with Gasteiger partial charge in [-0.25, -0.2) is 10.4 Å². The van der Waals surface area contributed by atoms with E-state index < -0.39 is 63.7 Å². The Morgan fingerprint density at radius 1 is 1.07 bits per heavy atom. The van der Waals surface area contributed by atoms with Crippen molar-refractivity contribution in [1.82, 2.24) is 26.1 Å². The van der Waals surface area contributed by atoms with Crippen molar-refractivity contribution < 1.29 is 33.8 Å². The lowest BCUT2D eigenvalue weighted by Gasteiger charge is -2.35. The molecule has 0 spiro atoms. The number of fused-ring (bicyclic) bond motifs is 1. The molecule has 12 nitrogen and oxygen atoms in total. The lowest BCUT2D eigenvalue weighted by atomic mass is 9.92. The number of aliphatic hydroxyl groups is 1. The summed E-state index contributed by atoms with van der Waals surface area (Å²) < 4.78 is 9.14. The number of alkyl halides is 3. The number of pyridine rings is 1. The van der Waals surface area contributed by atoms with Crippen LogP contribution in [0.2, 0.25) is 0 Å². The molecule has 2 heterocycles. The Bertz CT molecular complexity index is 1420. The molecule has 1 aromatic carbocycles. The minimum atomic E-state index is -1.76. The molecule has 1 aliphatic rings. The Labute approximate surface area is 283 Å². The SMILES string of the molecule is CC(C)[C@H](NC(=O)C(C)(C)COc1cc2cc([C@@H](C)O)ccc2cn1)C(=O)N[C@@H](C)C(=O)N1CCC[C@@H](C(=O)OCC(Cl)(Cl)Cl)N1. The van der Waals surface area contributed by atoms with Crippen molar-refractivity contribution in [2.24, 2.45) is 11.3 Å². The summed E-state index contributed by atoms with van der Waals surface area (Å²) in [4.78, 5) is 56.5. The van der Waals surface area contributed by atoms with Crippen LogP contribution in [0.5, 0.6) is 5.88 Å². The molecule has 254 valence electrons. The van der Waals surface area contributed by atoms with Gasteiger partial charge in [0.2, 0.25) is 21.5 Å². The fraction of sp³-hybridized carbons (Fsp3) is 0.581. The smallest absolute Gasteiger partial charge is 0.325 e. The molecule has 4 atom stereocenters. The minimum Gasteiger partial charge on any atom is -0.477 e. The predicted octanol–water partition coefficient (Wildman–Crippen LogP) is 3.75. The summed E-state index contributed by atoms with van der Waals surface area (Å²) in [7, 11) is 0. The number of hydrogen-bond acceptors (Lipinski definition) is 9. The summed E-state index contributed by atoms with van der Waals surface area (Å²) >= 11 is 16.9. The Morgan fingerprint density at radius 2 is 1.76 bits per heavy atom. The van der Waals surface area contributed by atoms with E-state index in [4.69, 9.17) is 44.3 Å². The van der Waals surface area contributed by atoms with Crippen LogP contribution in [0.3, 0.4) is 0 Å². The first-order chi connectivity index (χ1) is 21.4. The van der Waals surface area contributed by atoms with Gasteiger partial charge in [0.25, 0.3) is 5.91 Å². The van der Waals surface area contributed by atoms with E-state index in [0.29, 0.717) is 25.3 Å². The lowest BCUT2D eigenvalue weighted by molar-refractivity contribution is -0.152. The maximum absolute atomic E-state index is 13.3. The predicted molar refractivity (Wildman–Crippen MR) is 175 cm³/mol. The van der Waals surface area contributed by atoms with Crippen LogP contribution in [0.1, 0.15) is 66.1 Å². The minimum absolute atomic E-state index is 0.0271. The molecule has 2 aromatic rings. The maximum Gasteiger partial charge on any atom is 0.325 e.